The minimum Gasteiger partial charge on any atom is -0.362 e. The van der Waals surface area contributed by atoms with Gasteiger partial charge in [0.15, 0.2) is 0 Å². The summed E-state index contributed by atoms with van der Waals surface area (Å²) in [5, 5.41) is 5.34. The van der Waals surface area contributed by atoms with Crippen molar-refractivity contribution in [3.05, 3.63) is 66.0 Å². The number of nitrogens with one attached hydrogen (secondary N) is 2. The molecule has 2 rings (SSSR count). The van der Waals surface area contributed by atoms with Gasteiger partial charge in [-0.3, -0.25) is 9.59 Å². The molecule has 0 saturated heterocycles. The summed E-state index contributed by atoms with van der Waals surface area (Å²) >= 11 is 0. The second-order valence-electron chi connectivity index (χ2n) is 5.25. The zero-order valence-electron chi connectivity index (χ0n) is 13.3. The molecule has 0 aromatic heterocycles. The van der Waals surface area contributed by atoms with E-state index >= 15 is 0 Å². The predicted octanol–water partition coefficient (Wildman–Crippen LogP) is 2.66. The van der Waals surface area contributed by atoms with E-state index in [4.69, 9.17) is 4.74 Å². The van der Waals surface area contributed by atoms with E-state index in [1.165, 1.54) is 24.3 Å². The van der Waals surface area contributed by atoms with Gasteiger partial charge < -0.3 is 15.4 Å². The van der Waals surface area contributed by atoms with Gasteiger partial charge in [-0.25, -0.2) is 4.39 Å². The summed E-state index contributed by atoms with van der Waals surface area (Å²) in [5.74, 6) is -1.10. The van der Waals surface area contributed by atoms with Crippen LogP contribution in [0.2, 0.25) is 0 Å². The summed E-state index contributed by atoms with van der Waals surface area (Å²) in [5.41, 5.74) is 1.45. The monoisotopic (exact) mass is 330 g/mol. The third kappa shape index (κ3) is 5.81. The lowest BCUT2D eigenvalue weighted by Gasteiger charge is -2.14. The van der Waals surface area contributed by atoms with Gasteiger partial charge in [0, 0.05) is 5.69 Å². The number of carbonyl (C=O) groups is 2. The van der Waals surface area contributed by atoms with Gasteiger partial charge in [-0.2, -0.15) is 0 Å². The molecule has 2 aromatic carbocycles. The van der Waals surface area contributed by atoms with Crippen LogP contribution in [0.5, 0.6) is 0 Å². The molecule has 5 nitrogen and oxygen atoms in total. The fourth-order valence-electron chi connectivity index (χ4n) is 2.07. The molecule has 0 aliphatic carbocycles. The van der Waals surface area contributed by atoms with Crippen molar-refractivity contribution in [2.24, 2.45) is 0 Å². The Morgan fingerprint density at radius 3 is 2.29 bits per heavy atom. The molecule has 0 aliphatic heterocycles. The summed E-state index contributed by atoms with van der Waals surface area (Å²) in [6.07, 6.45) is 0. The zero-order chi connectivity index (χ0) is 17.4. The molecule has 0 aliphatic rings. The molecule has 6 heteroatoms. The average molecular weight is 330 g/mol. The lowest BCUT2D eigenvalue weighted by molar-refractivity contribution is -0.129. The first-order valence-electron chi connectivity index (χ1n) is 7.52. The van der Waals surface area contributed by atoms with Gasteiger partial charge in [0.05, 0.1) is 6.04 Å². The summed E-state index contributed by atoms with van der Waals surface area (Å²) in [7, 11) is 0. The van der Waals surface area contributed by atoms with Gasteiger partial charge in [-0.15, -0.1) is 0 Å². The molecule has 0 bridgehead atoms. The SMILES string of the molecule is CC(NC(=O)COCC(=O)Nc1ccc(F)cc1)c1ccccc1. The van der Waals surface area contributed by atoms with Crippen molar-refractivity contribution in [3.63, 3.8) is 0 Å². The minimum absolute atomic E-state index is 0.143. The fraction of sp³-hybridized carbons (Fsp3) is 0.222. The number of benzene rings is 2. The Bertz CT molecular complexity index is 674. The van der Waals surface area contributed by atoms with Crippen molar-refractivity contribution in [3.8, 4) is 0 Å². The van der Waals surface area contributed by atoms with Crippen LogP contribution in [-0.2, 0) is 14.3 Å². The number of anilines is 1. The van der Waals surface area contributed by atoms with E-state index in [0.29, 0.717) is 5.69 Å². The molecule has 2 aromatic rings. The summed E-state index contributed by atoms with van der Waals surface area (Å²) in [6, 6.07) is 14.8. The highest BCUT2D eigenvalue weighted by atomic mass is 19.1. The molecule has 24 heavy (non-hydrogen) atoms. The van der Waals surface area contributed by atoms with Crippen LogP contribution >= 0.6 is 0 Å². The molecular weight excluding hydrogens is 311 g/mol. The first-order chi connectivity index (χ1) is 11.5. The molecule has 1 atom stereocenters. The van der Waals surface area contributed by atoms with Crippen LogP contribution in [0.25, 0.3) is 0 Å². The van der Waals surface area contributed by atoms with E-state index < -0.39 is 5.91 Å². The van der Waals surface area contributed by atoms with Gasteiger partial charge in [0.1, 0.15) is 19.0 Å². The van der Waals surface area contributed by atoms with Crippen LogP contribution in [0.1, 0.15) is 18.5 Å². The Morgan fingerprint density at radius 2 is 1.62 bits per heavy atom. The quantitative estimate of drug-likeness (QED) is 0.820. The molecule has 0 radical (unpaired) electrons. The maximum Gasteiger partial charge on any atom is 0.250 e. The maximum atomic E-state index is 12.8. The van der Waals surface area contributed by atoms with Gasteiger partial charge in [-0.05, 0) is 36.8 Å². The highest BCUT2D eigenvalue weighted by Crippen LogP contribution is 2.10. The van der Waals surface area contributed by atoms with Crippen LogP contribution in [0.15, 0.2) is 54.6 Å². The first-order valence-corrected chi connectivity index (χ1v) is 7.52. The van der Waals surface area contributed by atoms with Crippen molar-refractivity contribution < 1.29 is 18.7 Å². The molecule has 0 fully saturated rings. The smallest absolute Gasteiger partial charge is 0.250 e. The van der Waals surface area contributed by atoms with Gasteiger partial charge in [0.2, 0.25) is 11.8 Å². The predicted molar refractivity (Wildman–Crippen MR) is 88.8 cm³/mol. The van der Waals surface area contributed by atoms with Crippen LogP contribution < -0.4 is 10.6 Å². The lowest BCUT2D eigenvalue weighted by atomic mass is 10.1. The molecule has 0 spiro atoms. The van der Waals surface area contributed by atoms with E-state index in [-0.39, 0.29) is 31.0 Å². The number of carbonyl (C=O) groups excluding carboxylic acids is 2. The third-order valence-corrected chi connectivity index (χ3v) is 3.27. The highest BCUT2D eigenvalue weighted by molar-refractivity contribution is 5.91. The first kappa shape index (κ1) is 17.6. The minimum atomic E-state index is -0.412. The molecular formula is C18H19FN2O3. The van der Waals surface area contributed by atoms with E-state index in [0.717, 1.165) is 5.56 Å². The van der Waals surface area contributed by atoms with E-state index in [2.05, 4.69) is 10.6 Å². The van der Waals surface area contributed by atoms with Gasteiger partial charge in [-0.1, -0.05) is 30.3 Å². The summed E-state index contributed by atoms with van der Waals surface area (Å²) in [4.78, 5) is 23.5. The fourth-order valence-corrected chi connectivity index (χ4v) is 2.07. The summed E-state index contributed by atoms with van der Waals surface area (Å²) < 4.78 is 17.9. The van der Waals surface area contributed by atoms with Crippen LogP contribution in [0, 0.1) is 5.82 Å². The number of ether oxygens (including phenoxy) is 1. The number of halogens is 1. The number of rotatable bonds is 7. The van der Waals surface area contributed by atoms with Gasteiger partial charge in [0.25, 0.3) is 0 Å². The zero-order valence-corrected chi connectivity index (χ0v) is 13.3. The Kier molecular flexibility index (Phi) is 6.45. The Balaban J connectivity index is 1.68. The number of hydrogen-bond acceptors (Lipinski definition) is 3. The van der Waals surface area contributed by atoms with Crippen LogP contribution in [0.4, 0.5) is 10.1 Å². The second-order valence-corrected chi connectivity index (χ2v) is 5.25. The largest absolute Gasteiger partial charge is 0.362 e. The molecule has 1 unspecified atom stereocenters. The maximum absolute atomic E-state index is 12.8. The van der Waals surface area contributed by atoms with Crippen molar-refractivity contribution in [2.45, 2.75) is 13.0 Å². The number of amides is 2. The van der Waals surface area contributed by atoms with Crippen molar-refractivity contribution in [2.75, 3.05) is 18.5 Å². The number of hydrogen-bond donors (Lipinski definition) is 2. The third-order valence-electron chi connectivity index (χ3n) is 3.27. The molecule has 0 heterocycles. The van der Waals surface area contributed by atoms with Crippen molar-refractivity contribution in [1.29, 1.82) is 0 Å². The molecule has 2 amide bonds. The van der Waals surface area contributed by atoms with Crippen molar-refractivity contribution in [1.82, 2.24) is 5.32 Å². The normalized spacial score (nSPS) is 11.6. The molecule has 126 valence electrons. The van der Waals surface area contributed by atoms with Gasteiger partial charge >= 0.3 is 0 Å². The molecule has 0 saturated carbocycles. The molecule has 2 N–H and O–H groups in total. The Hall–Kier alpha value is -2.73. The second kappa shape index (κ2) is 8.79. The standard InChI is InChI=1S/C18H19FN2O3/c1-13(14-5-3-2-4-6-14)20-17(22)11-24-12-18(23)21-16-9-7-15(19)8-10-16/h2-10,13H,11-12H2,1H3,(H,20,22)(H,21,23). The van der Waals surface area contributed by atoms with E-state index in [1.807, 2.05) is 37.3 Å². The highest BCUT2D eigenvalue weighted by Gasteiger charge is 2.10. The Labute approximate surface area is 139 Å². The average Bonchev–Trinajstić information content (AvgIpc) is 2.57. The summed E-state index contributed by atoms with van der Waals surface area (Å²) in [6.45, 7) is 1.40. The van der Waals surface area contributed by atoms with E-state index in [1.54, 1.807) is 0 Å². The Morgan fingerprint density at radius 1 is 1.00 bits per heavy atom. The van der Waals surface area contributed by atoms with Crippen LogP contribution in [0.3, 0.4) is 0 Å². The lowest BCUT2D eigenvalue weighted by Crippen LogP contribution is -2.31. The van der Waals surface area contributed by atoms with Crippen molar-refractivity contribution >= 4 is 17.5 Å². The van der Waals surface area contributed by atoms with Crippen LogP contribution in [-0.4, -0.2) is 25.0 Å². The topological polar surface area (TPSA) is 67.4 Å². The van der Waals surface area contributed by atoms with E-state index in [9.17, 15) is 14.0 Å².